The zero-order valence-corrected chi connectivity index (χ0v) is 27.0. The van der Waals surface area contributed by atoms with Crippen LogP contribution in [0.4, 0.5) is 8.78 Å². The maximum Gasteiger partial charge on any atom is 0.387 e. The number of allylic oxidation sites excluding steroid dienone is 1. The molecule has 5 heterocycles. The van der Waals surface area contributed by atoms with Crippen molar-refractivity contribution in [1.29, 1.82) is 0 Å². The monoisotopic (exact) mass is 658 g/mol. The maximum absolute atomic E-state index is 13.8. The first-order valence-corrected chi connectivity index (χ1v) is 16.7. The Morgan fingerprint density at radius 2 is 1.96 bits per heavy atom. The van der Waals surface area contributed by atoms with Gasteiger partial charge in [-0.3, -0.25) is 19.5 Å². The molecule has 2 amide bonds. The highest BCUT2D eigenvalue weighted by Crippen LogP contribution is 2.40. The number of amides is 2. The number of carbonyl (C=O) groups excluding carboxylic acids is 2. The lowest BCUT2D eigenvalue weighted by Crippen LogP contribution is -2.54. The van der Waals surface area contributed by atoms with E-state index in [9.17, 15) is 18.4 Å². The number of hydrogen-bond acceptors (Lipinski definition) is 11. The number of nitrogens with one attached hydrogen (secondary N) is 2. The molecule has 12 nitrogen and oxygen atoms in total. The predicted octanol–water partition coefficient (Wildman–Crippen LogP) is 2.51. The zero-order chi connectivity index (χ0) is 32.4. The molecule has 0 radical (unpaired) electrons. The third-order valence-corrected chi connectivity index (χ3v) is 9.74. The van der Waals surface area contributed by atoms with Gasteiger partial charge in [0.1, 0.15) is 12.3 Å². The second-order valence-electron chi connectivity index (χ2n) is 11.7. The van der Waals surface area contributed by atoms with E-state index in [0.717, 1.165) is 44.0 Å². The summed E-state index contributed by atoms with van der Waals surface area (Å²) in [5.41, 5.74) is 4.50. The van der Waals surface area contributed by atoms with Crippen LogP contribution in [0.25, 0.3) is 0 Å². The van der Waals surface area contributed by atoms with Gasteiger partial charge in [0.25, 0.3) is 5.91 Å². The van der Waals surface area contributed by atoms with E-state index in [0.29, 0.717) is 41.8 Å². The fourth-order valence-electron chi connectivity index (χ4n) is 6.63. The highest BCUT2D eigenvalue weighted by atomic mass is 32.2. The summed E-state index contributed by atoms with van der Waals surface area (Å²) in [5, 5.41) is 8.23. The maximum atomic E-state index is 13.8. The number of nitrogens with zero attached hydrogens (tertiary/aromatic N) is 6. The van der Waals surface area contributed by atoms with Crippen LogP contribution in [0.2, 0.25) is 0 Å². The number of piperazine rings is 1. The molecule has 2 saturated heterocycles. The summed E-state index contributed by atoms with van der Waals surface area (Å²) in [6.45, 7) is 3.26. The molecule has 5 aliphatic heterocycles. The molecule has 5 aliphatic rings. The largest absolute Gasteiger partial charge is 0.434 e. The van der Waals surface area contributed by atoms with Crippen LogP contribution in [-0.2, 0) is 14.3 Å². The zero-order valence-electron chi connectivity index (χ0n) is 26.2. The van der Waals surface area contributed by atoms with E-state index in [2.05, 4.69) is 20.6 Å². The molecule has 248 valence electrons. The Morgan fingerprint density at radius 1 is 1.20 bits per heavy atom. The third kappa shape index (κ3) is 6.79. The number of ether oxygens (including phenoxy) is 2. The van der Waals surface area contributed by atoms with Gasteiger partial charge in [0, 0.05) is 81.6 Å². The van der Waals surface area contributed by atoms with Crippen molar-refractivity contribution < 1.29 is 27.8 Å². The number of alkyl halides is 2. The average molecular weight is 659 g/mol. The number of benzene rings is 1. The molecule has 0 spiro atoms. The van der Waals surface area contributed by atoms with Gasteiger partial charge in [0.15, 0.2) is 5.82 Å². The fraction of sp³-hybridized carbons (Fsp3) is 0.516. The summed E-state index contributed by atoms with van der Waals surface area (Å²) in [7, 11) is 1.77. The van der Waals surface area contributed by atoms with Crippen molar-refractivity contribution in [2.24, 2.45) is 4.99 Å². The molecule has 0 bridgehead atoms. The Balaban J connectivity index is 1.24. The summed E-state index contributed by atoms with van der Waals surface area (Å²) in [6.07, 6.45) is 10.8. The van der Waals surface area contributed by atoms with Crippen LogP contribution in [0.3, 0.4) is 0 Å². The molecule has 2 atom stereocenters. The molecule has 46 heavy (non-hydrogen) atoms. The SMILES string of the molecule is CSc1ccc(OC(F)F)c(C2C(NC(=O)C3=C4N=CC=CN4NC3C)=CN(CC(=O)N3CCN(C4CCOCC4)CC3)N2C)c1. The number of hydrazine groups is 2. The molecule has 2 unspecified atom stereocenters. The lowest BCUT2D eigenvalue weighted by Gasteiger charge is -2.41. The van der Waals surface area contributed by atoms with Crippen molar-refractivity contribution in [3.63, 3.8) is 0 Å². The first-order chi connectivity index (χ1) is 22.2. The molecular formula is C31H40F2N8O4S. The molecule has 0 saturated carbocycles. The van der Waals surface area contributed by atoms with Gasteiger partial charge in [0.2, 0.25) is 5.91 Å². The quantitative estimate of drug-likeness (QED) is 0.385. The van der Waals surface area contributed by atoms with Crippen LogP contribution in [0, 0.1) is 0 Å². The highest BCUT2D eigenvalue weighted by molar-refractivity contribution is 7.98. The van der Waals surface area contributed by atoms with E-state index in [1.807, 2.05) is 18.1 Å². The number of fused-ring (bicyclic) bond motifs is 1. The number of carbonyl (C=O) groups is 2. The second-order valence-corrected chi connectivity index (χ2v) is 12.6. The minimum atomic E-state index is -3.04. The standard InChI is InChI=1S/C31H40F2N8O4S/c1-20-27(29-34-9-4-10-41(29)36-20)30(43)35-24-18-40(19-26(42)39-13-11-38(12-14-39)21-7-15-44-16-8-21)37(2)28(24)23-17-22(46-3)5-6-25(23)45-31(32)33/h4-6,9-10,17-18,20-21,28,31,36H,7-8,11-16,19H2,1-3H3,(H,35,43). The molecule has 0 aliphatic carbocycles. The van der Waals surface area contributed by atoms with Crippen LogP contribution in [-0.4, -0.2) is 121 Å². The Morgan fingerprint density at radius 3 is 2.67 bits per heavy atom. The number of rotatable bonds is 9. The topological polar surface area (TPSA) is 105 Å². The van der Waals surface area contributed by atoms with E-state index in [4.69, 9.17) is 9.47 Å². The van der Waals surface area contributed by atoms with Gasteiger partial charge < -0.3 is 24.7 Å². The summed E-state index contributed by atoms with van der Waals surface area (Å²) < 4.78 is 37.6. The van der Waals surface area contributed by atoms with Crippen molar-refractivity contribution in [1.82, 2.24) is 35.6 Å². The summed E-state index contributed by atoms with van der Waals surface area (Å²) >= 11 is 1.46. The van der Waals surface area contributed by atoms with E-state index in [1.165, 1.54) is 17.8 Å². The number of likely N-dealkylation sites (N-methyl/N-ethyl adjacent to an activating group) is 1. The smallest absolute Gasteiger partial charge is 0.387 e. The van der Waals surface area contributed by atoms with Crippen LogP contribution in [0.5, 0.6) is 5.75 Å². The summed E-state index contributed by atoms with van der Waals surface area (Å²) in [4.78, 5) is 37.0. The minimum absolute atomic E-state index is 0.00617. The van der Waals surface area contributed by atoms with Crippen molar-refractivity contribution in [2.75, 3.05) is 59.2 Å². The first kappa shape index (κ1) is 32.4. The molecule has 2 N–H and O–H groups in total. The van der Waals surface area contributed by atoms with E-state index in [-0.39, 0.29) is 30.2 Å². The molecule has 0 aromatic heterocycles. The van der Waals surface area contributed by atoms with Crippen molar-refractivity contribution in [2.45, 2.75) is 49.4 Å². The van der Waals surface area contributed by atoms with Crippen LogP contribution < -0.4 is 15.5 Å². The lowest BCUT2D eigenvalue weighted by molar-refractivity contribution is -0.137. The summed E-state index contributed by atoms with van der Waals surface area (Å²) in [6, 6.07) is 4.45. The van der Waals surface area contributed by atoms with E-state index < -0.39 is 12.7 Å². The lowest BCUT2D eigenvalue weighted by atomic mass is 10.0. The van der Waals surface area contributed by atoms with Gasteiger partial charge >= 0.3 is 6.61 Å². The number of halogens is 2. The summed E-state index contributed by atoms with van der Waals surface area (Å²) in [5.74, 6) is 0.0345. The average Bonchev–Trinajstić information content (AvgIpc) is 3.55. The molecule has 2 fully saturated rings. The molecule has 1 aromatic carbocycles. The van der Waals surface area contributed by atoms with Crippen LogP contribution in [0.15, 0.2) is 63.7 Å². The molecule has 1 aromatic rings. The van der Waals surface area contributed by atoms with Crippen molar-refractivity contribution >= 4 is 29.8 Å². The normalized spacial score (nSPS) is 24.2. The van der Waals surface area contributed by atoms with Crippen LogP contribution >= 0.6 is 11.8 Å². The van der Waals surface area contributed by atoms with Crippen molar-refractivity contribution in [3.05, 3.63) is 59.3 Å². The van der Waals surface area contributed by atoms with Crippen molar-refractivity contribution in [3.8, 4) is 5.75 Å². The number of hydrogen-bond donors (Lipinski definition) is 2. The van der Waals surface area contributed by atoms with Crippen LogP contribution in [0.1, 0.15) is 31.4 Å². The Hall–Kier alpha value is -3.50. The van der Waals surface area contributed by atoms with Gasteiger partial charge in [-0.1, -0.05) is 0 Å². The van der Waals surface area contributed by atoms with Gasteiger partial charge in [-0.25, -0.2) is 15.4 Å². The van der Waals surface area contributed by atoms with Gasteiger partial charge in [-0.2, -0.15) is 8.78 Å². The fourth-order valence-corrected chi connectivity index (χ4v) is 7.08. The van der Waals surface area contributed by atoms with E-state index in [1.54, 1.807) is 58.9 Å². The number of thioether (sulfide) groups is 1. The third-order valence-electron chi connectivity index (χ3n) is 9.02. The minimum Gasteiger partial charge on any atom is -0.434 e. The van der Waals surface area contributed by atoms with Gasteiger partial charge in [-0.15, -0.1) is 11.8 Å². The predicted molar refractivity (Wildman–Crippen MR) is 169 cm³/mol. The van der Waals surface area contributed by atoms with Gasteiger partial charge in [-0.05, 0) is 50.3 Å². The van der Waals surface area contributed by atoms with Gasteiger partial charge in [0.05, 0.1) is 23.4 Å². The second kappa shape index (κ2) is 14.1. The first-order valence-electron chi connectivity index (χ1n) is 15.5. The van der Waals surface area contributed by atoms with E-state index >= 15 is 0 Å². The Kier molecular flexibility index (Phi) is 9.94. The molecular weight excluding hydrogens is 618 g/mol. The highest BCUT2D eigenvalue weighted by Gasteiger charge is 2.39. The number of aliphatic imine (C=N–C) groups is 1. The Bertz CT molecular complexity index is 1440. The molecule has 15 heteroatoms. The Labute approximate surface area is 271 Å². The molecule has 6 rings (SSSR count).